The Morgan fingerprint density at radius 3 is 3.00 bits per heavy atom. The van der Waals surface area contributed by atoms with E-state index in [-0.39, 0.29) is 17.6 Å². The number of ether oxygens (including phenoxy) is 2. The van der Waals surface area contributed by atoms with Gasteiger partial charge in [0.05, 0.1) is 0 Å². The van der Waals surface area contributed by atoms with Crippen LogP contribution in [0.3, 0.4) is 0 Å². The van der Waals surface area contributed by atoms with Crippen LogP contribution in [0.25, 0.3) is 0 Å². The maximum absolute atomic E-state index is 9.67. The van der Waals surface area contributed by atoms with Gasteiger partial charge >= 0.3 is 0 Å². The second-order valence-corrected chi connectivity index (χ2v) is 3.35. The Kier molecular flexibility index (Phi) is 2.39. The molecule has 3 N–H and O–H groups in total. The molecular formula is C9H10ClNO3. The monoisotopic (exact) mass is 215 g/mol. The molecule has 4 nitrogen and oxygen atoms in total. The molecule has 0 fully saturated rings. The van der Waals surface area contributed by atoms with Gasteiger partial charge in [-0.3, -0.25) is 0 Å². The quantitative estimate of drug-likeness (QED) is 0.780. The molecule has 1 heterocycles. The summed E-state index contributed by atoms with van der Waals surface area (Å²) in [4.78, 5) is 0. The topological polar surface area (TPSA) is 64.7 Å². The van der Waals surface area contributed by atoms with E-state index in [0.717, 1.165) is 0 Å². The highest BCUT2D eigenvalue weighted by Crippen LogP contribution is 2.45. The highest BCUT2D eigenvalue weighted by atomic mass is 35.5. The van der Waals surface area contributed by atoms with Gasteiger partial charge in [0.2, 0.25) is 6.79 Å². The first-order valence-corrected chi connectivity index (χ1v) is 4.62. The van der Waals surface area contributed by atoms with Gasteiger partial charge < -0.3 is 20.3 Å². The van der Waals surface area contributed by atoms with Gasteiger partial charge in [-0.15, -0.1) is 0 Å². The first-order valence-electron chi connectivity index (χ1n) is 4.24. The zero-order valence-corrected chi connectivity index (χ0v) is 8.17. The van der Waals surface area contributed by atoms with Gasteiger partial charge in [0.15, 0.2) is 11.5 Å². The van der Waals surface area contributed by atoms with E-state index in [1.807, 2.05) is 0 Å². The molecule has 0 saturated carbocycles. The van der Waals surface area contributed by atoms with E-state index in [9.17, 15) is 5.11 Å². The third-order valence-corrected chi connectivity index (χ3v) is 2.42. The number of fused-ring (bicyclic) bond motifs is 1. The molecule has 1 aromatic rings. The summed E-state index contributed by atoms with van der Waals surface area (Å²) in [6.07, 6.45) is 0.558. The predicted octanol–water partition coefficient (Wildman–Crippen LogP) is 1.28. The second-order valence-electron chi connectivity index (χ2n) is 2.97. The number of halogens is 1. The minimum Gasteiger partial charge on any atom is -0.506 e. The van der Waals surface area contributed by atoms with Crippen molar-refractivity contribution in [3.05, 3.63) is 16.7 Å². The van der Waals surface area contributed by atoms with Gasteiger partial charge in [-0.2, -0.15) is 0 Å². The average Bonchev–Trinajstić information content (AvgIpc) is 2.62. The van der Waals surface area contributed by atoms with E-state index in [0.29, 0.717) is 30.0 Å². The number of hydrogen-bond donors (Lipinski definition) is 2. The van der Waals surface area contributed by atoms with E-state index in [4.69, 9.17) is 26.8 Å². The lowest BCUT2D eigenvalue weighted by Crippen LogP contribution is -2.03. The van der Waals surface area contributed by atoms with Crippen LogP contribution in [-0.2, 0) is 6.42 Å². The minimum absolute atomic E-state index is 0.0290. The van der Waals surface area contributed by atoms with Crippen molar-refractivity contribution in [3.8, 4) is 17.2 Å². The van der Waals surface area contributed by atoms with Crippen LogP contribution in [-0.4, -0.2) is 18.4 Å². The lowest BCUT2D eigenvalue weighted by Gasteiger charge is -2.07. The van der Waals surface area contributed by atoms with Crippen molar-refractivity contribution in [1.82, 2.24) is 0 Å². The molecule has 76 valence electrons. The highest BCUT2D eigenvalue weighted by Gasteiger charge is 2.22. The summed E-state index contributed by atoms with van der Waals surface area (Å²) in [5.41, 5.74) is 6.08. The Morgan fingerprint density at radius 2 is 2.29 bits per heavy atom. The van der Waals surface area contributed by atoms with Gasteiger partial charge in [0.1, 0.15) is 10.8 Å². The largest absolute Gasteiger partial charge is 0.506 e. The third kappa shape index (κ3) is 1.36. The SMILES string of the molecule is NCCc1cc2c(c(Cl)c1O)OCO2. The summed E-state index contributed by atoms with van der Waals surface area (Å²) in [5, 5.41) is 9.87. The lowest BCUT2D eigenvalue weighted by atomic mass is 10.1. The van der Waals surface area contributed by atoms with Crippen LogP contribution in [0.5, 0.6) is 17.2 Å². The molecule has 0 aliphatic carbocycles. The molecule has 0 amide bonds. The highest BCUT2D eigenvalue weighted by molar-refractivity contribution is 6.34. The van der Waals surface area contributed by atoms with Crippen molar-refractivity contribution in [2.75, 3.05) is 13.3 Å². The Balaban J connectivity index is 2.49. The fraction of sp³-hybridized carbons (Fsp3) is 0.333. The van der Waals surface area contributed by atoms with Crippen molar-refractivity contribution < 1.29 is 14.6 Å². The fourth-order valence-electron chi connectivity index (χ4n) is 1.39. The summed E-state index contributed by atoms with van der Waals surface area (Å²) in [6, 6.07) is 1.70. The molecule has 1 aromatic carbocycles. The molecule has 0 bridgehead atoms. The van der Waals surface area contributed by atoms with E-state index >= 15 is 0 Å². The molecule has 0 atom stereocenters. The second kappa shape index (κ2) is 3.55. The summed E-state index contributed by atoms with van der Waals surface area (Å²) < 4.78 is 10.3. The number of rotatable bonds is 2. The van der Waals surface area contributed by atoms with Crippen LogP contribution < -0.4 is 15.2 Å². The molecule has 2 rings (SSSR count). The zero-order valence-electron chi connectivity index (χ0n) is 7.42. The summed E-state index contributed by atoms with van der Waals surface area (Å²) in [7, 11) is 0. The Hall–Kier alpha value is -1.13. The van der Waals surface area contributed by atoms with Crippen molar-refractivity contribution in [2.24, 2.45) is 5.73 Å². The number of hydrogen-bond acceptors (Lipinski definition) is 4. The minimum atomic E-state index is 0.0290. The van der Waals surface area contributed by atoms with E-state index in [1.165, 1.54) is 0 Å². The Morgan fingerprint density at radius 1 is 1.50 bits per heavy atom. The predicted molar refractivity (Wildman–Crippen MR) is 52.0 cm³/mol. The van der Waals surface area contributed by atoms with Crippen molar-refractivity contribution in [1.29, 1.82) is 0 Å². The molecule has 0 saturated heterocycles. The molecule has 14 heavy (non-hydrogen) atoms. The molecule has 1 aliphatic rings. The summed E-state index contributed by atoms with van der Waals surface area (Å²) in [5.74, 6) is 1.00. The maximum Gasteiger partial charge on any atom is 0.231 e. The zero-order chi connectivity index (χ0) is 10.1. The third-order valence-electron chi connectivity index (χ3n) is 2.07. The molecule has 0 unspecified atom stereocenters. The van der Waals surface area contributed by atoms with Crippen LogP contribution in [0.15, 0.2) is 6.07 Å². The van der Waals surface area contributed by atoms with E-state index in [1.54, 1.807) is 6.07 Å². The standard InChI is InChI=1S/C9H10ClNO3/c10-7-8(12)5(1-2-11)3-6-9(7)14-4-13-6/h3,12H,1-2,4,11H2. The molecule has 5 heteroatoms. The maximum atomic E-state index is 9.67. The van der Waals surface area contributed by atoms with E-state index in [2.05, 4.69) is 0 Å². The number of benzene rings is 1. The summed E-state index contributed by atoms with van der Waals surface area (Å²) in [6.45, 7) is 0.587. The lowest BCUT2D eigenvalue weighted by molar-refractivity contribution is 0.174. The van der Waals surface area contributed by atoms with Crippen molar-refractivity contribution >= 4 is 11.6 Å². The Bertz CT molecular complexity index is 368. The molecule has 0 radical (unpaired) electrons. The molecule has 0 aromatic heterocycles. The van der Waals surface area contributed by atoms with Gasteiger partial charge in [-0.05, 0) is 19.0 Å². The number of nitrogens with two attached hydrogens (primary N) is 1. The van der Waals surface area contributed by atoms with Gasteiger partial charge in [-0.1, -0.05) is 11.6 Å². The number of aromatic hydroxyl groups is 1. The molecule has 1 aliphatic heterocycles. The first-order chi connectivity index (χ1) is 6.74. The number of phenolic OH excluding ortho intramolecular Hbond substituents is 1. The summed E-state index contributed by atoms with van der Waals surface area (Å²) >= 11 is 5.88. The van der Waals surface area contributed by atoms with Crippen LogP contribution in [0.2, 0.25) is 5.02 Å². The molecule has 0 spiro atoms. The van der Waals surface area contributed by atoms with E-state index < -0.39 is 0 Å². The normalized spacial score (nSPS) is 13.3. The smallest absolute Gasteiger partial charge is 0.231 e. The number of phenols is 1. The van der Waals surface area contributed by atoms with Crippen LogP contribution >= 0.6 is 11.6 Å². The van der Waals surface area contributed by atoms with Crippen LogP contribution in [0.1, 0.15) is 5.56 Å². The van der Waals surface area contributed by atoms with Gasteiger partial charge in [0.25, 0.3) is 0 Å². The van der Waals surface area contributed by atoms with Crippen molar-refractivity contribution in [2.45, 2.75) is 6.42 Å². The fourth-order valence-corrected chi connectivity index (χ4v) is 1.66. The Labute approximate surface area is 86.2 Å². The van der Waals surface area contributed by atoms with Crippen LogP contribution in [0.4, 0.5) is 0 Å². The first kappa shape index (κ1) is 9.43. The van der Waals surface area contributed by atoms with Gasteiger partial charge in [-0.25, -0.2) is 0 Å². The molecular weight excluding hydrogens is 206 g/mol. The average molecular weight is 216 g/mol. The van der Waals surface area contributed by atoms with Crippen molar-refractivity contribution in [3.63, 3.8) is 0 Å². The van der Waals surface area contributed by atoms with Gasteiger partial charge in [0, 0.05) is 5.56 Å². The van der Waals surface area contributed by atoms with Crippen LogP contribution in [0, 0.1) is 0 Å².